The second-order valence-electron chi connectivity index (χ2n) is 5.31. The summed E-state index contributed by atoms with van der Waals surface area (Å²) in [7, 11) is 1.59. The van der Waals surface area contributed by atoms with E-state index in [1.807, 2.05) is 45.9 Å². The molecular weight excluding hydrogens is 256 g/mol. The molecule has 0 unspecified atom stereocenters. The van der Waals surface area contributed by atoms with E-state index in [-0.39, 0.29) is 0 Å². The quantitative estimate of drug-likeness (QED) is 0.920. The molecule has 1 N–H and O–H groups in total. The number of carbonyl (C=O) groups is 1. The minimum Gasteiger partial charge on any atom is -0.481 e. The number of alkyl carbamates (subject to hydrolysis) is 1. The topological polar surface area (TPSA) is 60.5 Å². The summed E-state index contributed by atoms with van der Waals surface area (Å²) in [5, 5.41) is 2.66. The van der Waals surface area contributed by atoms with Crippen molar-refractivity contribution in [1.82, 2.24) is 10.3 Å². The van der Waals surface area contributed by atoms with Crippen molar-refractivity contribution in [2.75, 3.05) is 13.7 Å². The van der Waals surface area contributed by atoms with Gasteiger partial charge in [0.25, 0.3) is 0 Å². The molecule has 1 rings (SSSR count). The van der Waals surface area contributed by atoms with E-state index in [4.69, 9.17) is 9.47 Å². The Morgan fingerprint density at radius 2 is 2.10 bits per heavy atom. The molecule has 0 saturated heterocycles. The first-order chi connectivity index (χ1) is 9.31. The van der Waals surface area contributed by atoms with Crippen LogP contribution in [0.1, 0.15) is 32.0 Å². The SMILES string of the molecule is COc1ccc(C=CCNC(=O)OC(C)(C)C)c(C)n1. The van der Waals surface area contributed by atoms with E-state index in [0.29, 0.717) is 12.4 Å². The third-order valence-corrected chi connectivity index (χ3v) is 2.37. The van der Waals surface area contributed by atoms with E-state index in [0.717, 1.165) is 11.3 Å². The van der Waals surface area contributed by atoms with Gasteiger partial charge in [0.1, 0.15) is 5.60 Å². The molecule has 0 saturated carbocycles. The molecule has 0 aliphatic carbocycles. The zero-order valence-electron chi connectivity index (χ0n) is 12.7. The average Bonchev–Trinajstić information content (AvgIpc) is 2.33. The molecule has 1 amide bonds. The van der Waals surface area contributed by atoms with E-state index in [2.05, 4.69) is 10.3 Å². The second-order valence-corrected chi connectivity index (χ2v) is 5.31. The fraction of sp³-hybridized carbons (Fsp3) is 0.467. The Morgan fingerprint density at radius 1 is 1.40 bits per heavy atom. The fourth-order valence-corrected chi connectivity index (χ4v) is 1.48. The number of aryl methyl sites for hydroxylation is 1. The molecule has 0 aromatic carbocycles. The molecule has 1 aromatic heterocycles. The summed E-state index contributed by atoms with van der Waals surface area (Å²) in [5.74, 6) is 0.589. The van der Waals surface area contributed by atoms with Crippen molar-refractivity contribution in [3.8, 4) is 5.88 Å². The number of ether oxygens (including phenoxy) is 2. The fourth-order valence-electron chi connectivity index (χ4n) is 1.48. The number of aromatic nitrogens is 1. The Bertz CT molecular complexity index is 490. The summed E-state index contributed by atoms with van der Waals surface area (Å²) in [5.41, 5.74) is 1.37. The lowest BCUT2D eigenvalue weighted by atomic mass is 10.2. The number of pyridine rings is 1. The monoisotopic (exact) mass is 278 g/mol. The number of hydrogen-bond donors (Lipinski definition) is 1. The van der Waals surface area contributed by atoms with Gasteiger partial charge in [0.2, 0.25) is 5.88 Å². The Morgan fingerprint density at radius 3 is 2.65 bits per heavy atom. The molecule has 0 spiro atoms. The van der Waals surface area contributed by atoms with Crippen LogP contribution in [-0.2, 0) is 4.74 Å². The van der Waals surface area contributed by atoms with Crippen molar-refractivity contribution in [3.63, 3.8) is 0 Å². The highest BCUT2D eigenvalue weighted by Crippen LogP contribution is 2.13. The number of hydrogen-bond acceptors (Lipinski definition) is 4. The summed E-state index contributed by atoms with van der Waals surface area (Å²) < 4.78 is 10.2. The minimum atomic E-state index is -0.482. The predicted octanol–water partition coefficient (Wildman–Crippen LogP) is 2.94. The number of nitrogens with zero attached hydrogens (tertiary/aromatic N) is 1. The molecule has 110 valence electrons. The van der Waals surface area contributed by atoms with Gasteiger partial charge in [0.05, 0.1) is 7.11 Å². The van der Waals surface area contributed by atoms with Crippen molar-refractivity contribution < 1.29 is 14.3 Å². The Labute approximate surface area is 120 Å². The predicted molar refractivity (Wildman–Crippen MR) is 78.8 cm³/mol. The first kappa shape index (κ1) is 16.0. The highest BCUT2D eigenvalue weighted by molar-refractivity contribution is 5.68. The van der Waals surface area contributed by atoms with Crippen LogP contribution in [0.2, 0.25) is 0 Å². The summed E-state index contributed by atoms with van der Waals surface area (Å²) in [6.07, 6.45) is 3.33. The van der Waals surface area contributed by atoms with Gasteiger partial charge < -0.3 is 14.8 Å². The van der Waals surface area contributed by atoms with Gasteiger partial charge in [-0.05, 0) is 39.3 Å². The van der Waals surface area contributed by atoms with Crippen LogP contribution in [0.15, 0.2) is 18.2 Å². The van der Waals surface area contributed by atoms with Crippen LogP contribution in [0.3, 0.4) is 0 Å². The number of methoxy groups -OCH3 is 1. The first-order valence-corrected chi connectivity index (χ1v) is 6.47. The van der Waals surface area contributed by atoms with Crippen molar-refractivity contribution in [2.24, 2.45) is 0 Å². The number of rotatable bonds is 4. The van der Waals surface area contributed by atoms with Crippen LogP contribution in [0.25, 0.3) is 6.08 Å². The average molecular weight is 278 g/mol. The standard InChI is InChI=1S/C15H22N2O3/c1-11-12(8-9-13(17-11)19-5)7-6-10-16-14(18)20-15(2,3)4/h6-9H,10H2,1-5H3,(H,16,18). The molecule has 20 heavy (non-hydrogen) atoms. The normalized spacial score (nSPS) is 11.4. The van der Waals surface area contributed by atoms with Gasteiger partial charge in [0.15, 0.2) is 0 Å². The lowest BCUT2D eigenvalue weighted by molar-refractivity contribution is 0.0534. The summed E-state index contributed by atoms with van der Waals surface area (Å²) in [4.78, 5) is 15.7. The second kappa shape index (κ2) is 6.93. The van der Waals surface area contributed by atoms with E-state index in [1.165, 1.54) is 0 Å². The number of carbonyl (C=O) groups excluding carboxylic acids is 1. The lowest BCUT2D eigenvalue weighted by Crippen LogP contribution is -2.32. The zero-order valence-corrected chi connectivity index (χ0v) is 12.7. The largest absolute Gasteiger partial charge is 0.481 e. The highest BCUT2D eigenvalue weighted by atomic mass is 16.6. The number of nitrogens with one attached hydrogen (secondary N) is 1. The summed E-state index contributed by atoms with van der Waals surface area (Å²) in [6.45, 7) is 7.79. The maximum Gasteiger partial charge on any atom is 0.407 e. The van der Waals surface area contributed by atoms with E-state index < -0.39 is 11.7 Å². The maximum absolute atomic E-state index is 11.4. The first-order valence-electron chi connectivity index (χ1n) is 6.47. The van der Waals surface area contributed by atoms with Crippen LogP contribution in [0.4, 0.5) is 4.79 Å². The van der Waals surface area contributed by atoms with Gasteiger partial charge in [-0.1, -0.05) is 12.2 Å². The van der Waals surface area contributed by atoms with Crippen LogP contribution in [-0.4, -0.2) is 30.3 Å². The smallest absolute Gasteiger partial charge is 0.407 e. The molecule has 0 bridgehead atoms. The highest BCUT2D eigenvalue weighted by Gasteiger charge is 2.14. The molecule has 0 aliphatic rings. The molecule has 0 radical (unpaired) electrons. The molecule has 1 heterocycles. The summed E-state index contributed by atoms with van der Waals surface area (Å²) >= 11 is 0. The van der Waals surface area contributed by atoms with E-state index in [9.17, 15) is 4.79 Å². The van der Waals surface area contributed by atoms with Crippen molar-refractivity contribution >= 4 is 12.2 Å². The van der Waals surface area contributed by atoms with Gasteiger partial charge in [-0.15, -0.1) is 0 Å². The molecule has 0 fully saturated rings. The minimum absolute atomic E-state index is 0.403. The van der Waals surface area contributed by atoms with Crippen LogP contribution in [0.5, 0.6) is 5.88 Å². The van der Waals surface area contributed by atoms with Gasteiger partial charge >= 0.3 is 6.09 Å². The van der Waals surface area contributed by atoms with Gasteiger partial charge in [-0.2, -0.15) is 0 Å². The van der Waals surface area contributed by atoms with Crippen LogP contribution < -0.4 is 10.1 Å². The van der Waals surface area contributed by atoms with Crippen molar-refractivity contribution in [1.29, 1.82) is 0 Å². The lowest BCUT2D eigenvalue weighted by Gasteiger charge is -2.19. The molecular formula is C15H22N2O3. The Balaban J connectivity index is 2.48. The van der Waals surface area contributed by atoms with Crippen LogP contribution >= 0.6 is 0 Å². The third kappa shape index (κ3) is 5.73. The van der Waals surface area contributed by atoms with Gasteiger partial charge in [0, 0.05) is 18.3 Å². The third-order valence-electron chi connectivity index (χ3n) is 2.37. The van der Waals surface area contributed by atoms with Gasteiger partial charge in [-0.3, -0.25) is 0 Å². The number of amides is 1. The van der Waals surface area contributed by atoms with E-state index >= 15 is 0 Å². The molecule has 0 aliphatic heterocycles. The molecule has 5 heteroatoms. The zero-order chi connectivity index (χ0) is 15.2. The maximum atomic E-state index is 11.4. The Kier molecular flexibility index (Phi) is 5.55. The van der Waals surface area contributed by atoms with Crippen LogP contribution in [0, 0.1) is 6.92 Å². The van der Waals surface area contributed by atoms with Gasteiger partial charge in [-0.25, -0.2) is 9.78 Å². The Hall–Kier alpha value is -2.04. The molecule has 5 nitrogen and oxygen atoms in total. The van der Waals surface area contributed by atoms with Crippen molar-refractivity contribution in [2.45, 2.75) is 33.3 Å². The van der Waals surface area contributed by atoms with Crippen molar-refractivity contribution in [3.05, 3.63) is 29.5 Å². The molecule has 1 aromatic rings. The molecule has 0 atom stereocenters. The van der Waals surface area contributed by atoms with E-state index in [1.54, 1.807) is 13.2 Å². The summed E-state index contributed by atoms with van der Waals surface area (Å²) in [6, 6.07) is 3.72.